The van der Waals surface area contributed by atoms with E-state index in [9.17, 15) is 4.79 Å². The maximum atomic E-state index is 11.4. The maximum absolute atomic E-state index is 11.4. The van der Waals surface area contributed by atoms with Crippen molar-refractivity contribution in [1.29, 1.82) is 0 Å². The summed E-state index contributed by atoms with van der Waals surface area (Å²) < 4.78 is 11.2. The molecule has 3 heteroatoms. The maximum Gasteiger partial charge on any atom is 0.333 e. The predicted molar refractivity (Wildman–Crippen MR) is 79.5 cm³/mol. The standard InChI is InChI=1S/C17H28O3/c1-4-5-6-7-9-17-10-8-14(11-15(17)20-17)12-19-16(18)13(2)3/h14-15H,2,4-12H2,1,3H3. The van der Waals surface area contributed by atoms with Gasteiger partial charge in [0.2, 0.25) is 0 Å². The van der Waals surface area contributed by atoms with E-state index in [1.54, 1.807) is 6.92 Å². The van der Waals surface area contributed by atoms with E-state index in [1.807, 2.05) is 0 Å². The minimum Gasteiger partial charge on any atom is -0.462 e. The van der Waals surface area contributed by atoms with E-state index in [0.29, 0.717) is 24.2 Å². The fourth-order valence-corrected chi connectivity index (χ4v) is 3.27. The molecule has 0 N–H and O–H groups in total. The van der Waals surface area contributed by atoms with Crippen LogP contribution in [0, 0.1) is 5.92 Å². The highest BCUT2D eigenvalue weighted by atomic mass is 16.6. The van der Waals surface area contributed by atoms with Gasteiger partial charge in [-0.3, -0.25) is 0 Å². The molecule has 3 nitrogen and oxygen atoms in total. The SMILES string of the molecule is C=C(C)C(=O)OCC1CCC2(CCCCCC)OC2C1. The van der Waals surface area contributed by atoms with Crippen molar-refractivity contribution in [3.8, 4) is 0 Å². The van der Waals surface area contributed by atoms with Crippen LogP contribution >= 0.6 is 0 Å². The van der Waals surface area contributed by atoms with E-state index < -0.39 is 0 Å². The van der Waals surface area contributed by atoms with Crippen LogP contribution in [0.25, 0.3) is 0 Å². The smallest absolute Gasteiger partial charge is 0.333 e. The predicted octanol–water partition coefficient (Wildman–Crippen LogP) is 4.01. The molecule has 3 atom stereocenters. The van der Waals surface area contributed by atoms with Crippen LogP contribution in [0.1, 0.15) is 65.2 Å². The summed E-state index contributed by atoms with van der Waals surface area (Å²) in [6, 6.07) is 0. The Balaban J connectivity index is 1.65. The average Bonchev–Trinajstić information content (AvgIpc) is 3.14. The number of fused-ring (bicyclic) bond motifs is 1. The largest absolute Gasteiger partial charge is 0.462 e. The lowest BCUT2D eigenvalue weighted by atomic mass is 9.80. The highest BCUT2D eigenvalue weighted by Gasteiger charge is 2.58. The fourth-order valence-electron chi connectivity index (χ4n) is 3.27. The van der Waals surface area contributed by atoms with Crippen molar-refractivity contribution in [3.05, 3.63) is 12.2 Å². The Bertz CT molecular complexity index is 363. The number of hydrogen-bond donors (Lipinski definition) is 0. The zero-order chi connectivity index (χ0) is 14.6. The minimum absolute atomic E-state index is 0.197. The first-order valence-electron chi connectivity index (χ1n) is 8.08. The molecule has 0 bridgehead atoms. The number of ether oxygens (including phenoxy) is 2. The first kappa shape index (κ1) is 15.6. The number of epoxide rings is 1. The summed E-state index contributed by atoms with van der Waals surface area (Å²) in [5, 5.41) is 0. The molecular weight excluding hydrogens is 252 g/mol. The van der Waals surface area contributed by atoms with Gasteiger partial charge in [-0.2, -0.15) is 0 Å². The third-order valence-corrected chi connectivity index (χ3v) is 4.68. The van der Waals surface area contributed by atoms with Crippen LogP contribution < -0.4 is 0 Å². The summed E-state index contributed by atoms with van der Waals surface area (Å²) in [5.41, 5.74) is 0.677. The number of carbonyl (C=O) groups is 1. The number of carbonyl (C=O) groups excluding carboxylic acids is 1. The van der Waals surface area contributed by atoms with Crippen LogP contribution in [0.5, 0.6) is 0 Å². The van der Waals surface area contributed by atoms with E-state index in [2.05, 4.69) is 13.5 Å². The highest BCUT2D eigenvalue weighted by molar-refractivity contribution is 5.86. The van der Waals surface area contributed by atoms with Crippen LogP contribution in [-0.4, -0.2) is 24.3 Å². The monoisotopic (exact) mass is 280 g/mol. The van der Waals surface area contributed by atoms with Gasteiger partial charge >= 0.3 is 5.97 Å². The van der Waals surface area contributed by atoms with E-state index in [4.69, 9.17) is 9.47 Å². The first-order valence-corrected chi connectivity index (χ1v) is 8.08. The van der Waals surface area contributed by atoms with Gasteiger partial charge in [0, 0.05) is 5.57 Å². The Morgan fingerprint density at radius 3 is 2.85 bits per heavy atom. The second-order valence-electron chi connectivity index (χ2n) is 6.50. The number of unbranched alkanes of at least 4 members (excludes halogenated alkanes) is 3. The third-order valence-electron chi connectivity index (χ3n) is 4.68. The van der Waals surface area contributed by atoms with Crippen LogP contribution in [0.2, 0.25) is 0 Å². The molecule has 0 aromatic carbocycles. The van der Waals surface area contributed by atoms with Gasteiger partial charge in [0.05, 0.1) is 18.3 Å². The normalized spacial score (nSPS) is 31.5. The fraction of sp³-hybridized carbons (Fsp3) is 0.824. The summed E-state index contributed by atoms with van der Waals surface area (Å²) in [5.74, 6) is 0.202. The zero-order valence-electron chi connectivity index (χ0n) is 13.0. The molecule has 2 aliphatic rings. The lowest BCUT2D eigenvalue weighted by Crippen LogP contribution is -2.27. The molecule has 0 amide bonds. The van der Waals surface area contributed by atoms with Gasteiger partial charge in [0.25, 0.3) is 0 Å². The molecular formula is C17H28O3. The Hall–Kier alpha value is -0.830. The van der Waals surface area contributed by atoms with Crippen molar-refractivity contribution >= 4 is 5.97 Å². The van der Waals surface area contributed by atoms with Crippen molar-refractivity contribution in [2.75, 3.05) is 6.61 Å². The third kappa shape index (κ3) is 3.85. The van der Waals surface area contributed by atoms with Gasteiger partial charge in [-0.15, -0.1) is 0 Å². The molecule has 0 radical (unpaired) electrons. The van der Waals surface area contributed by atoms with Gasteiger partial charge in [-0.05, 0) is 38.5 Å². The molecule has 1 aliphatic carbocycles. The zero-order valence-corrected chi connectivity index (χ0v) is 13.0. The highest BCUT2D eigenvalue weighted by Crippen LogP contribution is 2.52. The molecule has 3 unspecified atom stereocenters. The van der Waals surface area contributed by atoms with Crippen molar-refractivity contribution in [3.63, 3.8) is 0 Å². The molecule has 20 heavy (non-hydrogen) atoms. The Kier molecular flexibility index (Phi) is 5.25. The molecule has 1 heterocycles. The second-order valence-corrected chi connectivity index (χ2v) is 6.50. The summed E-state index contributed by atoms with van der Waals surface area (Å²) in [6.45, 7) is 8.06. The van der Waals surface area contributed by atoms with Crippen molar-refractivity contribution in [2.24, 2.45) is 5.92 Å². The van der Waals surface area contributed by atoms with Gasteiger partial charge < -0.3 is 9.47 Å². The van der Waals surface area contributed by atoms with Gasteiger partial charge in [0.15, 0.2) is 0 Å². The van der Waals surface area contributed by atoms with Crippen LogP contribution in [0.4, 0.5) is 0 Å². The molecule has 114 valence electrons. The summed E-state index contributed by atoms with van der Waals surface area (Å²) in [6.07, 6.45) is 10.2. The number of hydrogen-bond acceptors (Lipinski definition) is 3. The van der Waals surface area contributed by atoms with E-state index in [-0.39, 0.29) is 11.6 Å². The lowest BCUT2D eigenvalue weighted by molar-refractivity contribution is -0.140. The minimum atomic E-state index is -0.266. The summed E-state index contributed by atoms with van der Waals surface area (Å²) in [7, 11) is 0. The van der Waals surface area contributed by atoms with Gasteiger partial charge in [0.1, 0.15) is 0 Å². The molecule has 0 aromatic heterocycles. The second kappa shape index (κ2) is 6.75. The first-order chi connectivity index (χ1) is 9.57. The van der Waals surface area contributed by atoms with Crippen molar-refractivity contribution < 1.29 is 14.3 Å². The van der Waals surface area contributed by atoms with E-state index in [1.165, 1.54) is 32.1 Å². The molecule has 1 saturated carbocycles. The quantitative estimate of drug-likeness (QED) is 0.292. The Labute approximate surface area is 122 Å². The molecule has 0 aromatic rings. The van der Waals surface area contributed by atoms with Crippen molar-refractivity contribution in [1.82, 2.24) is 0 Å². The summed E-state index contributed by atoms with van der Waals surface area (Å²) >= 11 is 0. The van der Waals surface area contributed by atoms with Crippen LogP contribution in [0.3, 0.4) is 0 Å². The molecule has 2 fully saturated rings. The van der Waals surface area contributed by atoms with Gasteiger partial charge in [-0.1, -0.05) is 39.2 Å². The van der Waals surface area contributed by atoms with Crippen LogP contribution in [-0.2, 0) is 14.3 Å². The molecule has 2 rings (SSSR count). The van der Waals surface area contributed by atoms with Crippen molar-refractivity contribution in [2.45, 2.75) is 76.9 Å². The van der Waals surface area contributed by atoms with Crippen LogP contribution in [0.15, 0.2) is 12.2 Å². The molecule has 0 spiro atoms. The Morgan fingerprint density at radius 1 is 1.40 bits per heavy atom. The molecule has 1 saturated heterocycles. The topological polar surface area (TPSA) is 38.8 Å². The van der Waals surface area contributed by atoms with E-state index >= 15 is 0 Å². The average molecular weight is 280 g/mol. The lowest BCUT2D eigenvalue weighted by Gasteiger charge is -2.24. The van der Waals surface area contributed by atoms with E-state index in [0.717, 1.165) is 19.3 Å². The summed E-state index contributed by atoms with van der Waals surface area (Å²) in [4.78, 5) is 11.4. The Morgan fingerprint density at radius 2 is 2.20 bits per heavy atom. The number of rotatable bonds is 8. The van der Waals surface area contributed by atoms with Gasteiger partial charge in [-0.25, -0.2) is 4.79 Å². The molecule has 1 aliphatic heterocycles. The number of esters is 1.